The fourth-order valence-corrected chi connectivity index (χ4v) is 5.10. The number of nitrogens with zero attached hydrogens (tertiary/aromatic N) is 1. The van der Waals surface area contributed by atoms with E-state index in [1.165, 1.54) is 11.2 Å². The fraction of sp³-hybridized carbons (Fsp3) is 0.214. The molecular formula is C28H24N2O5. The Bertz CT molecular complexity index is 1460. The van der Waals surface area contributed by atoms with Gasteiger partial charge in [0, 0.05) is 29.2 Å². The van der Waals surface area contributed by atoms with Crippen LogP contribution in [0.15, 0.2) is 77.0 Å². The Morgan fingerprint density at radius 3 is 2.86 bits per heavy atom. The molecule has 1 unspecified atom stereocenters. The van der Waals surface area contributed by atoms with Gasteiger partial charge in [-0.15, -0.1) is 0 Å². The van der Waals surface area contributed by atoms with Gasteiger partial charge in [0.1, 0.15) is 23.3 Å². The first-order valence-electron chi connectivity index (χ1n) is 11.7. The number of nitrogens with one attached hydrogen (secondary N) is 1. The van der Waals surface area contributed by atoms with Crippen molar-refractivity contribution in [3.05, 3.63) is 95.1 Å². The van der Waals surface area contributed by atoms with Crippen molar-refractivity contribution in [2.24, 2.45) is 0 Å². The second kappa shape index (κ2) is 8.51. The van der Waals surface area contributed by atoms with Gasteiger partial charge in [0.25, 0.3) is 11.7 Å². The smallest absolute Gasteiger partial charge is 0.295 e. The number of ketones is 1. The standard InChI is InChI=1S/C28H24N2O5/c31-26(18-9-10-22-17(15-18)5-3-13-34-22)24-25(23-8-4-14-35-23)30(28(33)27(24)32)12-11-19-16-29-21-7-2-1-6-20(19)21/h1-2,4,6-10,14-16,25,29,31H,3,5,11-13H2/b26-24-. The predicted molar refractivity (Wildman–Crippen MR) is 130 cm³/mol. The van der Waals surface area contributed by atoms with E-state index in [-0.39, 0.29) is 11.3 Å². The van der Waals surface area contributed by atoms with Crippen molar-refractivity contribution in [2.45, 2.75) is 25.3 Å². The lowest BCUT2D eigenvalue weighted by Crippen LogP contribution is -2.31. The third-order valence-corrected chi connectivity index (χ3v) is 6.83. The number of fused-ring (bicyclic) bond motifs is 2. The van der Waals surface area contributed by atoms with Crippen molar-refractivity contribution in [1.82, 2.24) is 9.88 Å². The second-order valence-electron chi connectivity index (χ2n) is 8.89. The summed E-state index contributed by atoms with van der Waals surface area (Å²) in [5, 5.41) is 12.4. The number of likely N-dealkylation sites (tertiary alicyclic amines) is 1. The summed E-state index contributed by atoms with van der Waals surface area (Å²) in [6.45, 7) is 0.963. The highest BCUT2D eigenvalue weighted by Gasteiger charge is 2.47. The van der Waals surface area contributed by atoms with E-state index >= 15 is 0 Å². The maximum absolute atomic E-state index is 13.2. The number of carbonyl (C=O) groups excluding carboxylic acids is 2. The molecule has 176 valence electrons. The first kappa shape index (κ1) is 21.3. The quantitative estimate of drug-likeness (QED) is 0.250. The molecule has 2 aliphatic heterocycles. The summed E-state index contributed by atoms with van der Waals surface area (Å²) in [5.41, 5.74) is 3.57. The fourth-order valence-electron chi connectivity index (χ4n) is 5.10. The second-order valence-corrected chi connectivity index (χ2v) is 8.89. The molecule has 6 rings (SSSR count). The van der Waals surface area contributed by atoms with Crippen molar-refractivity contribution in [3.63, 3.8) is 0 Å². The molecule has 0 spiro atoms. The lowest BCUT2D eigenvalue weighted by Gasteiger charge is -2.23. The number of Topliss-reactive ketones (excluding diaryl/α,β-unsaturated/α-hetero) is 1. The summed E-state index contributed by atoms with van der Waals surface area (Å²) >= 11 is 0. The van der Waals surface area contributed by atoms with Crippen molar-refractivity contribution in [2.75, 3.05) is 13.2 Å². The Labute approximate surface area is 201 Å². The van der Waals surface area contributed by atoms with E-state index < -0.39 is 17.7 Å². The van der Waals surface area contributed by atoms with Crippen LogP contribution in [-0.4, -0.2) is 39.8 Å². The highest BCUT2D eigenvalue weighted by Crippen LogP contribution is 2.40. The first-order valence-corrected chi connectivity index (χ1v) is 11.7. The zero-order valence-electron chi connectivity index (χ0n) is 19.0. The highest BCUT2D eigenvalue weighted by atomic mass is 16.5. The molecule has 7 nitrogen and oxygen atoms in total. The molecule has 2 aliphatic rings. The lowest BCUT2D eigenvalue weighted by atomic mass is 9.96. The van der Waals surface area contributed by atoms with Gasteiger partial charge in [-0.2, -0.15) is 0 Å². The summed E-state index contributed by atoms with van der Waals surface area (Å²) in [7, 11) is 0. The van der Waals surface area contributed by atoms with Crippen LogP contribution in [0.1, 0.15) is 34.9 Å². The maximum Gasteiger partial charge on any atom is 0.295 e. The molecule has 35 heavy (non-hydrogen) atoms. The Morgan fingerprint density at radius 1 is 1.11 bits per heavy atom. The first-order chi connectivity index (χ1) is 17.1. The van der Waals surface area contributed by atoms with Crippen molar-refractivity contribution >= 4 is 28.4 Å². The van der Waals surface area contributed by atoms with E-state index in [2.05, 4.69) is 4.98 Å². The van der Waals surface area contributed by atoms with Gasteiger partial charge >= 0.3 is 0 Å². The SMILES string of the molecule is O=C1C(=O)N(CCc2c[nH]c3ccccc23)C(c2ccco2)/C1=C(/O)c1ccc2c(c1)CCCO2. The topological polar surface area (TPSA) is 95.8 Å². The van der Waals surface area contributed by atoms with Crippen LogP contribution in [-0.2, 0) is 22.4 Å². The molecule has 4 heterocycles. The van der Waals surface area contributed by atoms with Crippen LogP contribution in [0.2, 0.25) is 0 Å². The average molecular weight is 469 g/mol. The summed E-state index contributed by atoms with van der Waals surface area (Å²) in [5.74, 6) is -0.334. The molecule has 2 N–H and O–H groups in total. The molecule has 1 atom stereocenters. The molecule has 2 aromatic carbocycles. The van der Waals surface area contributed by atoms with Crippen LogP contribution in [0, 0.1) is 0 Å². The molecule has 0 bridgehead atoms. The van der Waals surface area contributed by atoms with Crippen LogP contribution >= 0.6 is 0 Å². The maximum atomic E-state index is 13.2. The van der Waals surface area contributed by atoms with E-state index in [0.29, 0.717) is 30.9 Å². The van der Waals surface area contributed by atoms with Crippen LogP contribution < -0.4 is 4.74 Å². The van der Waals surface area contributed by atoms with Gasteiger partial charge in [-0.25, -0.2) is 0 Å². The summed E-state index contributed by atoms with van der Waals surface area (Å²) in [6.07, 6.45) is 5.70. The number of aromatic amines is 1. The van der Waals surface area contributed by atoms with E-state index in [1.54, 1.807) is 24.3 Å². The number of aromatic nitrogens is 1. The molecule has 7 heteroatoms. The zero-order valence-corrected chi connectivity index (χ0v) is 19.0. The summed E-state index contributed by atoms with van der Waals surface area (Å²) in [4.78, 5) is 31.1. The van der Waals surface area contributed by atoms with Crippen LogP contribution in [0.5, 0.6) is 5.75 Å². The van der Waals surface area contributed by atoms with Crippen molar-refractivity contribution in [3.8, 4) is 5.75 Å². The molecule has 4 aromatic rings. The third kappa shape index (κ3) is 3.60. The largest absolute Gasteiger partial charge is 0.507 e. The Kier molecular flexibility index (Phi) is 5.17. The van der Waals surface area contributed by atoms with Crippen molar-refractivity contribution < 1.29 is 23.8 Å². The number of aliphatic hydroxyl groups is 1. The minimum absolute atomic E-state index is 0.0422. The number of amides is 1. The molecule has 1 fully saturated rings. The van der Waals surface area contributed by atoms with Gasteiger partial charge in [-0.3, -0.25) is 9.59 Å². The molecule has 2 aromatic heterocycles. The number of aryl methyl sites for hydroxylation is 1. The summed E-state index contributed by atoms with van der Waals surface area (Å²) < 4.78 is 11.3. The summed E-state index contributed by atoms with van der Waals surface area (Å²) in [6, 6.07) is 16.0. The molecule has 0 radical (unpaired) electrons. The third-order valence-electron chi connectivity index (χ3n) is 6.83. The number of hydrogen-bond acceptors (Lipinski definition) is 5. The van der Waals surface area contributed by atoms with E-state index in [0.717, 1.165) is 40.6 Å². The van der Waals surface area contributed by atoms with Gasteiger partial charge in [-0.05, 0) is 66.8 Å². The zero-order chi connectivity index (χ0) is 23.9. The molecule has 1 amide bonds. The number of aliphatic hydroxyl groups excluding tert-OH is 1. The van der Waals surface area contributed by atoms with Crippen LogP contribution in [0.25, 0.3) is 16.7 Å². The van der Waals surface area contributed by atoms with Crippen molar-refractivity contribution in [1.29, 1.82) is 0 Å². The van der Waals surface area contributed by atoms with Crippen LogP contribution in [0.3, 0.4) is 0 Å². The predicted octanol–water partition coefficient (Wildman–Crippen LogP) is 4.75. The van der Waals surface area contributed by atoms with Crippen LogP contribution in [0.4, 0.5) is 0 Å². The van der Waals surface area contributed by atoms with E-state index in [1.807, 2.05) is 36.5 Å². The molecular weight excluding hydrogens is 444 g/mol. The number of rotatable bonds is 5. The highest BCUT2D eigenvalue weighted by molar-refractivity contribution is 6.46. The van der Waals surface area contributed by atoms with Gasteiger partial charge in [0.15, 0.2) is 0 Å². The normalized spacial score (nSPS) is 19.2. The minimum Gasteiger partial charge on any atom is -0.507 e. The molecule has 1 saturated heterocycles. The van der Waals surface area contributed by atoms with Gasteiger partial charge < -0.3 is 24.1 Å². The number of ether oxygens (including phenoxy) is 1. The molecule has 0 saturated carbocycles. The molecule has 0 aliphatic carbocycles. The Balaban J connectivity index is 1.38. The number of furan rings is 1. The number of hydrogen-bond donors (Lipinski definition) is 2. The number of H-pyrrole nitrogens is 1. The lowest BCUT2D eigenvalue weighted by molar-refractivity contribution is -0.140. The van der Waals surface area contributed by atoms with E-state index in [9.17, 15) is 14.7 Å². The average Bonchev–Trinajstić information content (AvgIpc) is 3.62. The monoisotopic (exact) mass is 468 g/mol. The van der Waals surface area contributed by atoms with E-state index in [4.69, 9.17) is 9.15 Å². The Hall–Kier alpha value is -4.26. The number of carbonyl (C=O) groups is 2. The van der Waals surface area contributed by atoms with Gasteiger partial charge in [-0.1, -0.05) is 18.2 Å². The minimum atomic E-state index is -0.803. The Morgan fingerprint density at radius 2 is 2.00 bits per heavy atom. The number of para-hydroxylation sites is 1. The van der Waals surface area contributed by atoms with Gasteiger partial charge in [0.2, 0.25) is 0 Å². The van der Waals surface area contributed by atoms with Gasteiger partial charge in [0.05, 0.1) is 18.4 Å². The number of benzene rings is 2.